The van der Waals surface area contributed by atoms with E-state index in [0.717, 1.165) is 5.56 Å². The van der Waals surface area contributed by atoms with Crippen LogP contribution in [0.15, 0.2) is 48.5 Å². The molecular weight excluding hydrogens is 487 g/mol. The van der Waals surface area contributed by atoms with Crippen molar-refractivity contribution in [1.82, 2.24) is 15.1 Å². The summed E-state index contributed by atoms with van der Waals surface area (Å²) in [6, 6.07) is 15.5. The second-order valence-electron chi connectivity index (χ2n) is 9.01. The Morgan fingerprint density at radius 3 is 2.49 bits per heavy atom. The molecule has 4 rings (SSSR count). The zero-order valence-corrected chi connectivity index (χ0v) is 20.0. The molecule has 0 saturated heterocycles. The average molecular weight is 514 g/mol. The van der Waals surface area contributed by atoms with Crippen LogP contribution in [0.4, 0.5) is 19.0 Å². The van der Waals surface area contributed by atoms with Crippen LogP contribution in [0.1, 0.15) is 53.2 Å². The summed E-state index contributed by atoms with van der Waals surface area (Å²) < 4.78 is 46.1. The standard InChI is InChI=1S/C26H26F3N5O3/c1-37-21-5-3-2-4-19(21)24(35)32-15-16-6-8-17(9-7-16)22-20(14-30)23(31)34(33-22)18-10-12-25(36,13-11-18)26(27,28)29/h2-9,18,36H,10-13,15,31H2,1H3,(H,32,35). The summed E-state index contributed by atoms with van der Waals surface area (Å²) in [5, 5.41) is 26.9. The molecule has 37 heavy (non-hydrogen) atoms. The summed E-state index contributed by atoms with van der Waals surface area (Å²) in [7, 11) is 1.49. The van der Waals surface area contributed by atoms with Gasteiger partial charge in [0.05, 0.1) is 18.7 Å². The number of nitrogens with two attached hydrogens (primary N) is 1. The molecule has 0 aliphatic heterocycles. The van der Waals surface area contributed by atoms with Gasteiger partial charge in [0.15, 0.2) is 5.60 Å². The lowest BCUT2D eigenvalue weighted by molar-refractivity contribution is -0.271. The van der Waals surface area contributed by atoms with E-state index in [1.165, 1.54) is 11.8 Å². The number of carbonyl (C=O) groups is 1. The molecule has 1 saturated carbocycles. The summed E-state index contributed by atoms with van der Waals surface area (Å²) in [6.45, 7) is 0.253. The SMILES string of the molecule is COc1ccccc1C(=O)NCc1ccc(-c2nn(C3CCC(O)(C(F)(F)F)CC3)c(N)c2C#N)cc1. The van der Waals surface area contributed by atoms with Crippen molar-refractivity contribution in [3.63, 3.8) is 0 Å². The van der Waals surface area contributed by atoms with Crippen LogP contribution >= 0.6 is 0 Å². The number of hydrogen-bond donors (Lipinski definition) is 3. The zero-order chi connectivity index (χ0) is 26.8. The Labute approximate surface area is 211 Å². The summed E-state index contributed by atoms with van der Waals surface area (Å²) >= 11 is 0. The molecule has 1 amide bonds. The summed E-state index contributed by atoms with van der Waals surface area (Å²) in [6.07, 6.45) is -5.58. The number of benzene rings is 2. The number of ether oxygens (including phenoxy) is 1. The van der Waals surface area contributed by atoms with E-state index in [4.69, 9.17) is 10.5 Å². The van der Waals surface area contributed by atoms with Crippen molar-refractivity contribution >= 4 is 11.7 Å². The van der Waals surface area contributed by atoms with Crippen LogP contribution < -0.4 is 15.8 Å². The minimum atomic E-state index is -4.70. The fraction of sp³-hybridized carbons (Fsp3) is 0.346. The molecule has 0 atom stereocenters. The zero-order valence-electron chi connectivity index (χ0n) is 20.0. The third-order valence-corrected chi connectivity index (χ3v) is 6.75. The van der Waals surface area contributed by atoms with Crippen molar-refractivity contribution in [2.75, 3.05) is 12.8 Å². The molecule has 0 bridgehead atoms. The number of anilines is 1. The van der Waals surface area contributed by atoms with Crippen LogP contribution in [0.25, 0.3) is 11.3 Å². The third-order valence-electron chi connectivity index (χ3n) is 6.75. The Hall–Kier alpha value is -4.04. The second kappa shape index (κ2) is 10.1. The quantitative estimate of drug-likeness (QED) is 0.450. The molecule has 3 aromatic rings. The van der Waals surface area contributed by atoms with E-state index in [0.29, 0.717) is 22.6 Å². The van der Waals surface area contributed by atoms with Gasteiger partial charge in [0.2, 0.25) is 0 Å². The second-order valence-corrected chi connectivity index (χ2v) is 9.01. The first-order valence-corrected chi connectivity index (χ1v) is 11.7. The number of carbonyl (C=O) groups excluding carboxylic acids is 1. The smallest absolute Gasteiger partial charge is 0.417 e. The molecule has 1 fully saturated rings. The van der Waals surface area contributed by atoms with Gasteiger partial charge in [0, 0.05) is 12.1 Å². The van der Waals surface area contributed by atoms with Crippen LogP contribution in [0.2, 0.25) is 0 Å². The number of nitriles is 1. The molecule has 194 valence electrons. The van der Waals surface area contributed by atoms with Gasteiger partial charge in [-0.15, -0.1) is 0 Å². The fourth-order valence-corrected chi connectivity index (χ4v) is 4.54. The van der Waals surface area contributed by atoms with Gasteiger partial charge in [0.25, 0.3) is 5.91 Å². The van der Waals surface area contributed by atoms with Crippen molar-refractivity contribution in [1.29, 1.82) is 5.26 Å². The van der Waals surface area contributed by atoms with Gasteiger partial charge < -0.3 is 20.9 Å². The Bertz CT molecular complexity index is 1320. The maximum atomic E-state index is 13.2. The van der Waals surface area contributed by atoms with Crippen LogP contribution in [0.3, 0.4) is 0 Å². The number of aliphatic hydroxyl groups is 1. The number of nitrogen functional groups attached to an aromatic ring is 1. The predicted molar refractivity (Wildman–Crippen MR) is 129 cm³/mol. The first-order chi connectivity index (χ1) is 17.6. The van der Waals surface area contributed by atoms with Gasteiger partial charge in [-0.2, -0.15) is 23.5 Å². The third kappa shape index (κ3) is 5.11. The number of methoxy groups -OCH3 is 1. The van der Waals surface area contributed by atoms with Crippen molar-refractivity contribution in [2.45, 2.75) is 50.0 Å². The number of nitrogens with zero attached hydrogens (tertiary/aromatic N) is 3. The molecular formula is C26H26F3N5O3. The number of rotatable bonds is 6. The highest BCUT2D eigenvalue weighted by Gasteiger charge is 2.55. The highest BCUT2D eigenvalue weighted by atomic mass is 19.4. The van der Waals surface area contributed by atoms with Gasteiger partial charge in [-0.25, -0.2) is 4.68 Å². The molecule has 0 radical (unpaired) electrons. The van der Waals surface area contributed by atoms with Crippen molar-refractivity contribution in [3.8, 4) is 23.1 Å². The maximum absolute atomic E-state index is 13.2. The molecule has 1 heterocycles. The van der Waals surface area contributed by atoms with Gasteiger partial charge >= 0.3 is 6.18 Å². The molecule has 0 spiro atoms. The molecule has 4 N–H and O–H groups in total. The predicted octanol–water partition coefficient (Wildman–Crippen LogP) is 4.35. The number of aromatic nitrogens is 2. The lowest BCUT2D eigenvalue weighted by Gasteiger charge is -2.37. The van der Waals surface area contributed by atoms with E-state index >= 15 is 0 Å². The van der Waals surface area contributed by atoms with E-state index in [-0.39, 0.29) is 36.7 Å². The van der Waals surface area contributed by atoms with Crippen LogP contribution in [-0.2, 0) is 6.54 Å². The van der Waals surface area contributed by atoms with Crippen LogP contribution in [0.5, 0.6) is 5.75 Å². The molecule has 11 heteroatoms. The molecule has 8 nitrogen and oxygen atoms in total. The van der Waals surface area contributed by atoms with E-state index in [2.05, 4.69) is 10.4 Å². The van der Waals surface area contributed by atoms with Gasteiger partial charge in [-0.3, -0.25) is 4.79 Å². The normalized spacial score (nSPS) is 19.7. The number of halogens is 3. The lowest BCUT2D eigenvalue weighted by Crippen LogP contribution is -2.48. The van der Waals surface area contributed by atoms with Gasteiger partial charge in [0.1, 0.15) is 28.9 Å². The van der Waals surface area contributed by atoms with E-state index in [9.17, 15) is 28.3 Å². The van der Waals surface area contributed by atoms with Crippen LogP contribution in [0, 0.1) is 11.3 Å². The van der Waals surface area contributed by atoms with Gasteiger partial charge in [-0.05, 0) is 43.4 Å². The summed E-state index contributed by atoms with van der Waals surface area (Å²) in [5.74, 6) is 0.256. The Balaban J connectivity index is 1.48. The maximum Gasteiger partial charge on any atom is 0.417 e. The number of amides is 1. The van der Waals surface area contributed by atoms with E-state index in [1.54, 1.807) is 48.5 Å². The average Bonchev–Trinajstić information content (AvgIpc) is 3.23. The summed E-state index contributed by atoms with van der Waals surface area (Å²) in [5.41, 5.74) is 5.71. The molecule has 1 aliphatic rings. The number of hydrogen-bond acceptors (Lipinski definition) is 6. The van der Waals surface area contributed by atoms with Crippen molar-refractivity contribution in [3.05, 3.63) is 65.2 Å². The van der Waals surface area contributed by atoms with Gasteiger partial charge in [-0.1, -0.05) is 36.4 Å². The molecule has 2 aromatic carbocycles. The number of nitrogens with one attached hydrogen (secondary N) is 1. The Morgan fingerprint density at radius 1 is 1.24 bits per heavy atom. The van der Waals surface area contributed by atoms with Crippen LogP contribution in [-0.4, -0.2) is 39.7 Å². The minimum absolute atomic E-state index is 0.0248. The number of para-hydroxylation sites is 1. The molecule has 1 aromatic heterocycles. The largest absolute Gasteiger partial charge is 0.496 e. The first-order valence-electron chi connectivity index (χ1n) is 11.7. The summed E-state index contributed by atoms with van der Waals surface area (Å²) in [4.78, 5) is 12.5. The van der Waals surface area contributed by atoms with Crippen molar-refractivity contribution in [2.24, 2.45) is 0 Å². The highest BCUT2D eigenvalue weighted by molar-refractivity contribution is 5.96. The minimum Gasteiger partial charge on any atom is -0.496 e. The molecule has 0 unspecified atom stereocenters. The Kier molecular flexibility index (Phi) is 7.14. The molecule has 1 aliphatic carbocycles. The van der Waals surface area contributed by atoms with Crippen molar-refractivity contribution < 1.29 is 27.8 Å². The monoisotopic (exact) mass is 513 g/mol. The number of alkyl halides is 3. The highest BCUT2D eigenvalue weighted by Crippen LogP contribution is 2.45. The topological polar surface area (TPSA) is 126 Å². The first kappa shape index (κ1) is 26.0. The van der Waals surface area contributed by atoms with E-state index < -0.39 is 30.7 Å². The van der Waals surface area contributed by atoms with E-state index in [1.807, 2.05) is 6.07 Å². The Morgan fingerprint density at radius 2 is 1.89 bits per heavy atom. The lowest BCUT2D eigenvalue weighted by atomic mass is 9.81. The fourth-order valence-electron chi connectivity index (χ4n) is 4.54.